The van der Waals surface area contributed by atoms with E-state index in [9.17, 15) is 17.6 Å². The van der Waals surface area contributed by atoms with Gasteiger partial charge in [-0.3, -0.25) is 0 Å². The summed E-state index contributed by atoms with van der Waals surface area (Å²) in [5, 5.41) is 26.0. The van der Waals surface area contributed by atoms with Crippen molar-refractivity contribution in [1.29, 1.82) is 0 Å². The summed E-state index contributed by atoms with van der Waals surface area (Å²) in [7, 11) is -2.38. The Bertz CT molecular complexity index is 7040. The average Bonchev–Trinajstić information content (AvgIpc) is 1.58. The first kappa shape index (κ1) is 83.8. The van der Waals surface area contributed by atoms with Gasteiger partial charge in [-0.15, -0.1) is 0 Å². The summed E-state index contributed by atoms with van der Waals surface area (Å²) < 4.78 is 102. The van der Waals surface area contributed by atoms with Crippen LogP contribution in [0.15, 0.2) is 362 Å². The number of aromatic nitrogens is 6. The molecule has 0 bridgehead atoms. The third-order valence-electron chi connectivity index (χ3n) is 23.3. The fourth-order valence-corrected chi connectivity index (χ4v) is 16.8. The fraction of sp³-hybridized carbons (Fsp3) is 0.0857. The van der Waals surface area contributed by atoms with E-state index in [1.807, 2.05) is 258 Å². The summed E-state index contributed by atoms with van der Waals surface area (Å²) in [6.45, 7) is 8.07. The molecule has 4 aliphatic rings. The second kappa shape index (κ2) is 34.1. The van der Waals surface area contributed by atoms with E-state index in [4.69, 9.17) is 57.5 Å². The van der Waals surface area contributed by atoms with Gasteiger partial charge in [-0.05, 0) is 188 Å². The van der Waals surface area contributed by atoms with Crippen LogP contribution in [0.1, 0.15) is 61.1 Å². The van der Waals surface area contributed by atoms with Crippen LogP contribution in [-0.2, 0) is 27.1 Å². The van der Waals surface area contributed by atoms with Gasteiger partial charge in [-0.1, -0.05) is 330 Å². The van der Waals surface area contributed by atoms with Gasteiger partial charge >= 0.3 is 14.2 Å². The van der Waals surface area contributed by atoms with Crippen LogP contribution in [0.5, 0.6) is 0 Å². The maximum absolute atomic E-state index is 15.4. The lowest BCUT2D eigenvalue weighted by atomic mass is 9.78. The molecule has 0 spiro atoms. The number of alkyl halides is 6. The van der Waals surface area contributed by atoms with E-state index in [-0.39, 0.29) is 38.8 Å². The van der Waals surface area contributed by atoms with Crippen molar-refractivity contribution in [3.63, 3.8) is 0 Å². The Morgan fingerprint density at radius 1 is 0.278 bits per heavy atom. The van der Waals surface area contributed by atoms with Crippen LogP contribution in [0.4, 0.5) is 26.3 Å². The predicted molar refractivity (Wildman–Crippen MR) is 498 cm³/mol. The molecule has 10 nitrogen and oxygen atoms in total. The molecular formula is C105H73B2BrCl2F6N6O4. The summed E-state index contributed by atoms with van der Waals surface area (Å²) >= 11 is 15.4. The van der Waals surface area contributed by atoms with Crippen LogP contribution in [0, 0.1) is 0 Å². The van der Waals surface area contributed by atoms with Gasteiger partial charge in [0.05, 0.1) is 11.2 Å². The Kier molecular flexibility index (Phi) is 22.7. The van der Waals surface area contributed by atoms with Gasteiger partial charge < -0.3 is 19.4 Å². The number of halogens is 9. The number of rotatable bonds is 9. The third-order valence-corrected chi connectivity index (χ3v) is 24.2. The maximum atomic E-state index is 15.4. The average molecular weight is 1770 g/mol. The van der Waals surface area contributed by atoms with E-state index in [1.54, 1.807) is 72.8 Å². The Labute approximate surface area is 742 Å². The summed E-state index contributed by atoms with van der Waals surface area (Å²) in [5.74, 6) is -6.12. The van der Waals surface area contributed by atoms with Crippen molar-refractivity contribution in [2.24, 2.45) is 0 Å². The molecular weight excluding hydrogens is 1700 g/mol. The molecule has 0 unspecified atom stereocenters. The van der Waals surface area contributed by atoms with Crippen LogP contribution in [0.2, 0.25) is 10.0 Å². The third kappa shape index (κ3) is 16.6. The van der Waals surface area contributed by atoms with Crippen molar-refractivity contribution in [2.45, 2.75) is 56.7 Å². The normalized spacial score (nSPS) is 14.4. The van der Waals surface area contributed by atoms with Gasteiger partial charge in [-0.2, -0.15) is 26.3 Å². The maximum Gasteiger partial charge on any atom is 0.534 e. The van der Waals surface area contributed by atoms with Gasteiger partial charge in [0, 0.05) is 75.7 Å². The van der Waals surface area contributed by atoms with Gasteiger partial charge in [0.1, 0.15) is 0 Å². The first-order valence-corrected chi connectivity index (χ1v) is 42.2. The largest absolute Gasteiger partial charge is 0.534 e. The molecule has 0 atom stereocenters. The SMILES string of the molecule is CC1(C)OB(c2nc(-c3ccccc3)nc(-c3ccccc3)n2)OC1(C)C.Clc1ccc2ccc(Br)cc2c1.FC1(F)c2ccccc2-c2ccc(-c3ccc4ccc(-c5nc(-c6ccccc6)nc(-c6ccccc6)n5)cc4c3)cc21.FC1(F)c2ccccc2-c2ccc(-c3ccc4ccc(Cl)cc4c3)cc21.OB(O)c1ccc2c(c1)C(F)(F)c1ccccc1-2. The molecule has 1 saturated heterocycles. The zero-order valence-electron chi connectivity index (χ0n) is 68.0. The van der Waals surface area contributed by atoms with Crippen molar-refractivity contribution < 1.29 is 45.7 Å². The summed E-state index contributed by atoms with van der Waals surface area (Å²) in [6.07, 6.45) is 0. The Morgan fingerprint density at radius 2 is 0.563 bits per heavy atom. The molecule has 0 saturated carbocycles. The zero-order valence-corrected chi connectivity index (χ0v) is 71.1. The van der Waals surface area contributed by atoms with Crippen LogP contribution in [0.25, 0.3) is 145 Å². The number of hydrogen-bond donors (Lipinski definition) is 2. The highest BCUT2D eigenvalue weighted by molar-refractivity contribution is 9.10. The van der Waals surface area contributed by atoms with Crippen molar-refractivity contribution in [2.75, 3.05) is 0 Å². The topological polar surface area (TPSA) is 136 Å². The molecule has 1 fully saturated rings. The number of fused-ring (bicyclic) bond motifs is 12. The number of benzene rings is 16. The number of nitrogens with zero attached hydrogens (tertiary/aromatic N) is 6. The summed E-state index contributed by atoms with van der Waals surface area (Å²) in [6, 6.07) is 110. The minimum Gasteiger partial charge on any atom is -0.423 e. The molecule has 3 heterocycles. The van der Waals surface area contributed by atoms with Gasteiger partial charge in [0.2, 0.25) is 0 Å². The van der Waals surface area contributed by atoms with Crippen LogP contribution >= 0.6 is 39.1 Å². The molecule has 1 aliphatic heterocycles. The molecule has 16 aromatic carbocycles. The van der Waals surface area contributed by atoms with Crippen LogP contribution in [0.3, 0.4) is 0 Å². The van der Waals surface area contributed by atoms with Gasteiger partial charge in [-0.25, -0.2) is 29.9 Å². The monoisotopic (exact) mass is 1770 g/mol. The molecule has 2 N–H and O–H groups in total. The van der Waals surface area contributed by atoms with E-state index in [1.165, 1.54) is 35.7 Å². The summed E-state index contributed by atoms with van der Waals surface area (Å²) in [4.78, 5) is 28.5. The highest BCUT2D eigenvalue weighted by Crippen LogP contribution is 2.55. The molecule has 21 heteroatoms. The lowest BCUT2D eigenvalue weighted by Gasteiger charge is -2.32. The zero-order chi connectivity index (χ0) is 87.4. The van der Waals surface area contributed by atoms with Crippen molar-refractivity contribution in [1.82, 2.24) is 29.9 Å². The Balaban J connectivity index is 0.000000113. The first-order chi connectivity index (χ1) is 60.7. The highest BCUT2D eigenvalue weighted by Gasteiger charge is 2.54. The van der Waals surface area contributed by atoms with Crippen molar-refractivity contribution in [3.05, 3.63) is 406 Å². The van der Waals surface area contributed by atoms with Crippen molar-refractivity contribution >= 4 is 96.9 Å². The van der Waals surface area contributed by atoms with Gasteiger partial charge in [0.25, 0.3) is 17.8 Å². The highest BCUT2D eigenvalue weighted by atomic mass is 79.9. The number of hydrogen-bond acceptors (Lipinski definition) is 10. The van der Waals surface area contributed by atoms with E-state index < -0.39 is 43.2 Å². The van der Waals surface area contributed by atoms with Crippen LogP contribution < -0.4 is 11.2 Å². The van der Waals surface area contributed by atoms with Crippen molar-refractivity contribution in [3.8, 4) is 113 Å². The van der Waals surface area contributed by atoms with E-state index in [2.05, 4.69) is 49.1 Å². The van der Waals surface area contributed by atoms with Crippen LogP contribution in [-0.4, -0.2) is 65.4 Å². The molecule has 126 heavy (non-hydrogen) atoms. The minimum absolute atomic E-state index is 0.0374. The predicted octanol–water partition coefficient (Wildman–Crippen LogP) is 26.3. The molecule has 3 aliphatic carbocycles. The molecule has 0 radical (unpaired) electrons. The summed E-state index contributed by atoms with van der Waals surface area (Å²) in [5.41, 5.74) is 10.8. The Hall–Kier alpha value is -13.1. The molecule has 0 amide bonds. The molecule has 18 aromatic rings. The van der Waals surface area contributed by atoms with E-state index in [0.29, 0.717) is 73.2 Å². The quantitative estimate of drug-likeness (QED) is 0.106. The lowest BCUT2D eigenvalue weighted by Crippen LogP contribution is -2.41. The van der Waals surface area contributed by atoms with E-state index in [0.717, 1.165) is 92.6 Å². The minimum atomic E-state index is -3.09. The molecule has 2 aromatic heterocycles. The second-order valence-corrected chi connectivity index (χ2v) is 33.7. The van der Waals surface area contributed by atoms with E-state index >= 15 is 8.78 Å². The Morgan fingerprint density at radius 3 is 0.960 bits per heavy atom. The smallest absolute Gasteiger partial charge is 0.423 e. The van der Waals surface area contributed by atoms with Gasteiger partial charge in [0.15, 0.2) is 34.8 Å². The first-order valence-electron chi connectivity index (χ1n) is 40.6. The fourth-order valence-electron chi connectivity index (χ4n) is 16.0. The standard InChI is InChI=1S/C38H23F2N3.C23H13ClF2.C21H22BN3O2.C13H9BF2O2.C10H6BrCl/c39-38(40)33-14-8-7-13-31(33)32-20-19-28(23-34(32)38)27-17-15-24-16-18-29(22-30(24)21-27)37-42-35(25-9-3-1-4-10-25)41-36(43-37)26-11-5-2-6-12-26;24-18-9-7-14-5-6-15(11-17(14)12-18)16-8-10-20-19-3-1-2-4-21(19)23(25,26)22(20)13-16;1-20(2)21(3,4)27-22(26-20)19-24-17(15-11-7-5-8-12-15)23-18(25-19)16-13-9-6-10-14-16;15-13(16)11-4-2-1-3-9(11)10-6-5-8(14(17)18)7-12(10)13;11-9-3-1-7-2-4-10(12)6-8(7)5-9/h1-23H;1-13H;5-14H,1-4H3;1-7,17-18H;1-6H. The lowest BCUT2D eigenvalue weighted by molar-refractivity contribution is 0.00578. The second-order valence-electron chi connectivity index (χ2n) is 31.9. The molecule has 22 rings (SSSR count). The molecule has 616 valence electrons.